The summed E-state index contributed by atoms with van der Waals surface area (Å²) in [7, 11) is 0. The molecule has 3 aromatic rings. The summed E-state index contributed by atoms with van der Waals surface area (Å²) >= 11 is 0. The maximum Gasteiger partial charge on any atom is 0.426 e. The largest absolute Gasteiger partial charge is 0.482 e. The first kappa shape index (κ1) is 28.7. The first-order valence-electron chi connectivity index (χ1n) is 13.2. The number of rotatable bonds is 10. The highest BCUT2D eigenvalue weighted by atomic mass is 16.6. The van der Waals surface area contributed by atoms with Crippen LogP contribution in [0.2, 0.25) is 0 Å². The zero-order valence-corrected chi connectivity index (χ0v) is 23.3. The van der Waals surface area contributed by atoms with Gasteiger partial charge in [-0.2, -0.15) is 15.1 Å². The molecule has 216 valence electrons. The minimum absolute atomic E-state index is 0.0636. The molecule has 0 aliphatic carbocycles. The number of carbonyl (C=O) groups is 2. The quantitative estimate of drug-likeness (QED) is 0.247. The van der Waals surface area contributed by atoms with Crippen LogP contribution in [0.25, 0.3) is 11.0 Å². The average molecular weight is 556 g/mol. The van der Waals surface area contributed by atoms with Gasteiger partial charge in [0, 0.05) is 38.4 Å². The van der Waals surface area contributed by atoms with Crippen molar-refractivity contribution < 1.29 is 23.8 Å². The third-order valence-corrected chi connectivity index (χ3v) is 6.06. The molecule has 0 bridgehead atoms. The summed E-state index contributed by atoms with van der Waals surface area (Å²) in [4.78, 5) is 36.7. The van der Waals surface area contributed by atoms with E-state index in [4.69, 9.17) is 19.9 Å². The number of carbonyl (C=O) groups excluding carboxylic acids is 2. The fourth-order valence-electron chi connectivity index (χ4n) is 4.21. The Hall–Kier alpha value is -4.33. The van der Waals surface area contributed by atoms with E-state index in [1.807, 2.05) is 24.3 Å². The molecule has 1 fully saturated rings. The van der Waals surface area contributed by atoms with Crippen LogP contribution < -0.4 is 26.2 Å². The van der Waals surface area contributed by atoms with Crippen molar-refractivity contribution in [1.29, 1.82) is 0 Å². The fourth-order valence-corrected chi connectivity index (χ4v) is 4.21. The summed E-state index contributed by atoms with van der Waals surface area (Å²) in [5.74, 6) is 0.651. The van der Waals surface area contributed by atoms with Gasteiger partial charge in [-0.1, -0.05) is 0 Å². The van der Waals surface area contributed by atoms with Crippen molar-refractivity contribution in [3.63, 3.8) is 0 Å². The second-order valence-corrected chi connectivity index (χ2v) is 10.2. The van der Waals surface area contributed by atoms with E-state index in [0.29, 0.717) is 35.8 Å². The molecule has 0 radical (unpaired) electrons. The van der Waals surface area contributed by atoms with E-state index in [1.165, 1.54) is 0 Å². The molecule has 3 heterocycles. The summed E-state index contributed by atoms with van der Waals surface area (Å²) in [5, 5.41) is 5.10. The van der Waals surface area contributed by atoms with Gasteiger partial charge in [0.15, 0.2) is 18.1 Å². The molecule has 0 atom stereocenters. The van der Waals surface area contributed by atoms with E-state index < -0.39 is 11.7 Å². The zero-order valence-electron chi connectivity index (χ0n) is 23.3. The number of nitrogen functional groups attached to an aromatic ring is 1. The summed E-state index contributed by atoms with van der Waals surface area (Å²) < 4.78 is 17.4. The Balaban J connectivity index is 1.27. The third kappa shape index (κ3) is 7.85. The van der Waals surface area contributed by atoms with Crippen molar-refractivity contribution in [3.8, 4) is 5.75 Å². The predicted molar refractivity (Wildman–Crippen MR) is 150 cm³/mol. The molecule has 0 spiro atoms. The second kappa shape index (κ2) is 12.7. The van der Waals surface area contributed by atoms with Crippen LogP contribution in [0.15, 0.2) is 30.5 Å². The SMILES string of the molecule is CCOC(=O)COc1ccc(N2CCN(CCn3ncc4c(NNC(=O)OC(C)(C)C)nc(N)nc43)CC2)cc1. The van der Waals surface area contributed by atoms with Crippen molar-refractivity contribution in [2.45, 2.75) is 39.8 Å². The topological polar surface area (TPSA) is 162 Å². The number of nitrogens with one attached hydrogen (secondary N) is 2. The van der Waals surface area contributed by atoms with E-state index in [1.54, 1.807) is 38.6 Å². The van der Waals surface area contributed by atoms with Gasteiger partial charge in [0.2, 0.25) is 5.95 Å². The first-order chi connectivity index (χ1) is 19.1. The Labute approximate surface area is 232 Å². The van der Waals surface area contributed by atoms with Gasteiger partial charge in [-0.05, 0) is 52.0 Å². The van der Waals surface area contributed by atoms with E-state index in [-0.39, 0.29) is 18.5 Å². The number of hydrazine groups is 1. The Bertz CT molecular complexity index is 1300. The molecule has 0 saturated carbocycles. The van der Waals surface area contributed by atoms with Crippen LogP contribution in [0, 0.1) is 0 Å². The zero-order chi connectivity index (χ0) is 28.7. The number of nitrogens with two attached hydrogens (primary N) is 1. The summed E-state index contributed by atoms with van der Waals surface area (Å²) in [6.45, 7) is 12.3. The number of nitrogens with zero attached hydrogens (tertiary/aromatic N) is 6. The molecule has 4 N–H and O–H groups in total. The predicted octanol–water partition coefficient (Wildman–Crippen LogP) is 2.02. The number of hydrogen-bond acceptors (Lipinski definition) is 12. The van der Waals surface area contributed by atoms with Gasteiger partial charge >= 0.3 is 12.1 Å². The van der Waals surface area contributed by atoms with Crippen LogP contribution in [0.3, 0.4) is 0 Å². The monoisotopic (exact) mass is 555 g/mol. The lowest BCUT2D eigenvalue weighted by Gasteiger charge is -2.36. The van der Waals surface area contributed by atoms with Gasteiger partial charge in [-0.3, -0.25) is 10.3 Å². The Morgan fingerprint density at radius 2 is 1.77 bits per heavy atom. The number of aromatic nitrogens is 4. The van der Waals surface area contributed by atoms with Crippen LogP contribution in [0.1, 0.15) is 27.7 Å². The van der Waals surface area contributed by atoms with Gasteiger partial charge in [0.05, 0.1) is 24.7 Å². The van der Waals surface area contributed by atoms with Crippen molar-refractivity contribution in [3.05, 3.63) is 30.5 Å². The second-order valence-electron chi connectivity index (χ2n) is 10.2. The molecule has 0 unspecified atom stereocenters. The number of amides is 1. The number of esters is 1. The number of ether oxygens (including phenoxy) is 3. The molecule has 14 heteroatoms. The Morgan fingerprint density at radius 3 is 2.45 bits per heavy atom. The van der Waals surface area contributed by atoms with Gasteiger partial charge in [-0.15, -0.1) is 0 Å². The van der Waals surface area contributed by atoms with Gasteiger partial charge in [0.25, 0.3) is 0 Å². The van der Waals surface area contributed by atoms with E-state index >= 15 is 0 Å². The van der Waals surface area contributed by atoms with Crippen LogP contribution in [-0.2, 0) is 20.8 Å². The minimum atomic E-state index is -0.636. The smallest absolute Gasteiger partial charge is 0.426 e. The number of hydrogen-bond donors (Lipinski definition) is 3. The van der Waals surface area contributed by atoms with Gasteiger partial charge in [0.1, 0.15) is 11.4 Å². The van der Waals surface area contributed by atoms with Crippen LogP contribution in [0.5, 0.6) is 5.75 Å². The molecular formula is C26H37N9O5. The molecule has 1 aliphatic heterocycles. The minimum Gasteiger partial charge on any atom is -0.482 e. The lowest BCUT2D eigenvalue weighted by molar-refractivity contribution is -0.145. The number of piperazine rings is 1. The molecule has 2 aromatic heterocycles. The molecule has 1 aromatic carbocycles. The summed E-state index contributed by atoms with van der Waals surface area (Å²) in [6, 6.07) is 7.73. The average Bonchev–Trinajstić information content (AvgIpc) is 3.32. The highest BCUT2D eigenvalue weighted by Gasteiger charge is 2.20. The Morgan fingerprint density at radius 1 is 1.05 bits per heavy atom. The lowest BCUT2D eigenvalue weighted by atomic mass is 10.2. The normalized spacial score (nSPS) is 14.2. The highest BCUT2D eigenvalue weighted by molar-refractivity contribution is 5.88. The molecule has 1 amide bonds. The molecular weight excluding hydrogens is 518 g/mol. The van der Waals surface area contributed by atoms with E-state index in [0.717, 1.165) is 38.4 Å². The lowest BCUT2D eigenvalue weighted by Crippen LogP contribution is -2.47. The van der Waals surface area contributed by atoms with Crippen molar-refractivity contribution in [2.24, 2.45) is 0 Å². The van der Waals surface area contributed by atoms with E-state index in [2.05, 4.69) is 35.7 Å². The standard InChI is InChI=1S/C26H37N9O5/c1-5-38-21(36)17-39-19-8-6-18(7-9-19)34-13-10-33(11-14-34)12-15-35-23-20(16-28-35)22(29-24(27)30-23)31-32-25(37)40-26(2,3)4/h6-9,16H,5,10-15,17H2,1-4H3,(H,32,37)(H3,27,29,30,31). The first-order valence-corrected chi connectivity index (χ1v) is 13.2. The maximum atomic E-state index is 12.0. The summed E-state index contributed by atoms with van der Waals surface area (Å²) in [5.41, 5.74) is 12.2. The number of fused-ring (bicyclic) bond motifs is 1. The number of anilines is 3. The van der Waals surface area contributed by atoms with Crippen molar-refractivity contribution in [1.82, 2.24) is 30.1 Å². The maximum absolute atomic E-state index is 12.0. The van der Waals surface area contributed by atoms with Crippen LogP contribution in [0.4, 0.5) is 22.2 Å². The van der Waals surface area contributed by atoms with Crippen molar-refractivity contribution >= 4 is 40.5 Å². The number of benzene rings is 1. The fraction of sp³-hybridized carbons (Fsp3) is 0.500. The van der Waals surface area contributed by atoms with Gasteiger partial charge in [-0.25, -0.2) is 19.7 Å². The molecule has 40 heavy (non-hydrogen) atoms. The molecule has 1 aliphatic rings. The van der Waals surface area contributed by atoms with E-state index in [9.17, 15) is 9.59 Å². The van der Waals surface area contributed by atoms with Gasteiger partial charge < -0.3 is 24.8 Å². The van der Waals surface area contributed by atoms with Crippen LogP contribution >= 0.6 is 0 Å². The Kier molecular flexibility index (Phi) is 9.09. The highest BCUT2D eigenvalue weighted by Crippen LogP contribution is 2.22. The van der Waals surface area contributed by atoms with Crippen molar-refractivity contribution in [2.75, 3.05) is 62.0 Å². The summed E-state index contributed by atoms with van der Waals surface area (Å²) in [6.07, 6.45) is 1.01. The molecule has 4 rings (SSSR count). The molecule has 14 nitrogen and oxygen atoms in total. The third-order valence-electron chi connectivity index (χ3n) is 6.06. The van der Waals surface area contributed by atoms with Crippen LogP contribution in [-0.4, -0.2) is 88.2 Å². The molecule has 1 saturated heterocycles.